The number of nitrogens with two attached hydrogens (primary N) is 2. The van der Waals surface area contributed by atoms with Crippen molar-refractivity contribution in [2.24, 2.45) is 57.8 Å². The van der Waals surface area contributed by atoms with E-state index in [1.807, 2.05) is 0 Å². The van der Waals surface area contributed by atoms with E-state index in [1.165, 1.54) is 77.2 Å². The predicted octanol–water partition coefficient (Wildman–Crippen LogP) is 6.14. The molecular weight excluding hydrogens is 470 g/mol. The Bertz CT molecular complexity index is 706. The Balaban J connectivity index is 1.48. The summed E-state index contributed by atoms with van der Waals surface area (Å²) in [5.41, 5.74) is 12.4. The molecule has 10 atom stereocenters. The van der Waals surface area contributed by atoms with Gasteiger partial charge < -0.3 is 26.3 Å². The first-order chi connectivity index (χ1) is 18.4. The Morgan fingerprint density at radius 2 is 1.63 bits per heavy atom. The highest BCUT2D eigenvalue weighted by Gasteiger charge is 2.64. The number of fused-ring (bicyclic) bond motifs is 5. The molecule has 4 aliphatic rings. The van der Waals surface area contributed by atoms with Crippen LogP contribution in [-0.2, 0) is 9.47 Å². The minimum Gasteiger partial charge on any atom is -0.378 e. The second kappa shape index (κ2) is 14.1. The van der Waals surface area contributed by atoms with Crippen LogP contribution in [0, 0.1) is 46.3 Å². The molecule has 0 saturated heterocycles. The van der Waals surface area contributed by atoms with Crippen molar-refractivity contribution in [1.82, 2.24) is 5.32 Å². The van der Waals surface area contributed by atoms with Crippen molar-refractivity contribution in [1.29, 1.82) is 0 Å². The molecular formula is C33H63N3O2. The summed E-state index contributed by atoms with van der Waals surface area (Å²) >= 11 is 0. The SMILES string of the molecule is CCCNCCC[C@@H](C)C1CCC2[C@@H]3CC[C@@H]4C[C@H](OCCCN)CC[C@]4(C)C3C[C@H](OCCCN)[C@@]21C. The maximum Gasteiger partial charge on any atom is 0.0637 e. The van der Waals surface area contributed by atoms with Crippen LogP contribution in [0.15, 0.2) is 0 Å². The lowest BCUT2D eigenvalue weighted by Crippen LogP contribution is -2.59. The van der Waals surface area contributed by atoms with E-state index in [4.69, 9.17) is 20.9 Å². The van der Waals surface area contributed by atoms with Gasteiger partial charge in [0.15, 0.2) is 0 Å². The van der Waals surface area contributed by atoms with Gasteiger partial charge in [-0.2, -0.15) is 0 Å². The average Bonchev–Trinajstić information content (AvgIpc) is 3.27. The first-order valence-corrected chi connectivity index (χ1v) is 16.7. The zero-order valence-electron chi connectivity index (χ0n) is 25.5. The summed E-state index contributed by atoms with van der Waals surface area (Å²) in [4.78, 5) is 0. The summed E-state index contributed by atoms with van der Waals surface area (Å²) < 4.78 is 13.2. The van der Waals surface area contributed by atoms with E-state index in [2.05, 4.69) is 33.0 Å². The third-order valence-corrected chi connectivity index (χ3v) is 12.3. The topological polar surface area (TPSA) is 82.5 Å². The van der Waals surface area contributed by atoms with Gasteiger partial charge in [0.05, 0.1) is 12.2 Å². The van der Waals surface area contributed by atoms with Crippen LogP contribution in [0.3, 0.4) is 0 Å². The lowest BCUT2D eigenvalue weighted by molar-refractivity contribution is -0.192. The molecule has 0 bridgehead atoms. The summed E-state index contributed by atoms with van der Waals surface area (Å²) in [7, 11) is 0. The fourth-order valence-electron chi connectivity index (χ4n) is 10.2. The molecule has 4 aliphatic carbocycles. The van der Waals surface area contributed by atoms with E-state index in [-0.39, 0.29) is 0 Å². The molecule has 0 aromatic carbocycles. The Morgan fingerprint density at radius 3 is 2.37 bits per heavy atom. The van der Waals surface area contributed by atoms with Crippen molar-refractivity contribution in [2.75, 3.05) is 39.4 Å². The van der Waals surface area contributed by atoms with Crippen LogP contribution in [0.1, 0.15) is 111 Å². The molecule has 38 heavy (non-hydrogen) atoms. The molecule has 0 amide bonds. The van der Waals surface area contributed by atoms with E-state index in [0.717, 1.165) is 81.2 Å². The van der Waals surface area contributed by atoms with E-state index >= 15 is 0 Å². The Labute approximate surface area is 235 Å². The number of hydrogen-bond donors (Lipinski definition) is 3. The summed E-state index contributed by atoms with van der Waals surface area (Å²) in [5, 5.41) is 3.62. The van der Waals surface area contributed by atoms with Crippen molar-refractivity contribution >= 4 is 0 Å². The molecule has 5 nitrogen and oxygen atoms in total. The number of nitrogens with one attached hydrogen (secondary N) is 1. The summed E-state index contributed by atoms with van der Waals surface area (Å²) in [6.07, 6.45) is 17.4. The molecule has 0 aromatic rings. The molecule has 0 spiro atoms. The Hall–Kier alpha value is -0.200. The van der Waals surface area contributed by atoms with Crippen LogP contribution >= 0.6 is 0 Å². The zero-order valence-corrected chi connectivity index (χ0v) is 25.5. The van der Waals surface area contributed by atoms with Crippen LogP contribution in [0.2, 0.25) is 0 Å². The van der Waals surface area contributed by atoms with E-state index < -0.39 is 0 Å². The average molecular weight is 534 g/mol. The van der Waals surface area contributed by atoms with Gasteiger partial charge in [0.25, 0.3) is 0 Å². The summed E-state index contributed by atoms with van der Waals surface area (Å²) in [6.45, 7) is 15.6. The van der Waals surface area contributed by atoms with Gasteiger partial charge in [-0.1, -0.05) is 27.7 Å². The fourth-order valence-corrected chi connectivity index (χ4v) is 10.2. The number of ether oxygens (including phenoxy) is 2. The van der Waals surface area contributed by atoms with E-state index in [1.54, 1.807) is 0 Å². The van der Waals surface area contributed by atoms with Gasteiger partial charge in [-0.3, -0.25) is 0 Å². The maximum atomic E-state index is 6.91. The highest BCUT2D eigenvalue weighted by atomic mass is 16.5. The third kappa shape index (κ3) is 6.32. The molecule has 4 rings (SSSR count). The predicted molar refractivity (Wildman–Crippen MR) is 159 cm³/mol. The molecule has 0 heterocycles. The molecule has 3 unspecified atom stereocenters. The van der Waals surface area contributed by atoms with Gasteiger partial charge in [-0.15, -0.1) is 0 Å². The van der Waals surface area contributed by atoms with Gasteiger partial charge in [0.2, 0.25) is 0 Å². The Kier molecular flexibility index (Phi) is 11.4. The number of rotatable bonds is 15. The smallest absolute Gasteiger partial charge is 0.0637 e. The summed E-state index contributed by atoms with van der Waals surface area (Å²) in [5.74, 6) is 4.89. The molecule has 0 radical (unpaired) electrons. The Morgan fingerprint density at radius 1 is 0.868 bits per heavy atom. The second-order valence-electron chi connectivity index (χ2n) is 14.2. The second-order valence-corrected chi connectivity index (χ2v) is 14.2. The monoisotopic (exact) mass is 533 g/mol. The van der Waals surface area contributed by atoms with Gasteiger partial charge >= 0.3 is 0 Å². The first kappa shape index (κ1) is 30.8. The van der Waals surface area contributed by atoms with Gasteiger partial charge in [-0.25, -0.2) is 0 Å². The lowest BCUT2D eigenvalue weighted by atomic mass is 9.43. The van der Waals surface area contributed by atoms with E-state index in [0.29, 0.717) is 23.0 Å². The minimum atomic E-state index is 0.317. The molecule has 222 valence electrons. The van der Waals surface area contributed by atoms with Gasteiger partial charge in [-0.05, 0) is 156 Å². The van der Waals surface area contributed by atoms with Gasteiger partial charge in [0.1, 0.15) is 0 Å². The van der Waals surface area contributed by atoms with Crippen LogP contribution in [0.4, 0.5) is 0 Å². The van der Waals surface area contributed by atoms with Crippen molar-refractivity contribution in [3.05, 3.63) is 0 Å². The van der Waals surface area contributed by atoms with Crippen LogP contribution in [-0.4, -0.2) is 51.6 Å². The van der Waals surface area contributed by atoms with Crippen molar-refractivity contribution in [3.63, 3.8) is 0 Å². The molecule has 0 aromatic heterocycles. The lowest BCUT2D eigenvalue weighted by Gasteiger charge is -2.63. The van der Waals surface area contributed by atoms with Gasteiger partial charge in [0, 0.05) is 13.2 Å². The van der Waals surface area contributed by atoms with Crippen LogP contribution in [0.25, 0.3) is 0 Å². The fraction of sp³-hybridized carbons (Fsp3) is 1.00. The highest BCUT2D eigenvalue weighted by molar-refractivity contribution is 5.13. The number of hydrogen-bond acceptors (Lipinski definition) is 5. The first-order valence-electron chi connectivity index (χ1n) is 16.7. The van der Waals surface area contributed by atoms with Crippen molar-refractivity contribution in [2.45, 2.75) is 123 Å². The standard InChI is InChI=1S/C33H63N3O2/c1-5-18-36-19-6-9-24(2)28-12-13-29-27-11-10-25-22-26(37-20-7-16-34)14-15-32(25,3)30(27)23-31(33(28,29)4)38-21-8-17-35/h24-31,36H,5-23,34-35H2,1-4H3/t24-,25-,26-,27+,28?,29?,30?,31+,32+,33-/m1/s1. The minimum absolute atomic E-state index is 0.317. The molecule has 0 aliphatic heterocycles. The quantitative estimate of drug-likeness (QED) is 0.220. The van der Waals surface area contributed by atoms with E-state index in [9.17, 15) is 0 Å². The van der Waals surface area contributed by atoms with Crippen LogP contribution in [0.5, 0.6) is 0 Å². The molecule has 5 heteroatoms. The largest absolute Gasteiger partial charge is 0.378 e. The normalized spacial score (nSPS) is 41.4. The third-order valence-electron chi connectivity index (χ3n) is 12.3. The maximum absolute atomic E-state index is 6.91. The molecule has 5 N–H and O–H groups in total. The van der Waals surface area contributed by atoms with Crippen molar-refractivity contribution in [3.8, 4) is 0 Å². The highest BCUT2D eigenvalue weighted by Crippen LogP contribution is 2.69. The van der Waals surface area contributed by atoms with Crippen molar-refractivity contribution < 1.29 is 9.47 Å². The summed E-state index contributed by atoms with van der Waals surface area (Å²) in [6, 6.07) is 0. The molecule has 4 saturated carbocycles. The zero-order chi connectivity index (χ0) is 27.2. The van der Waals surface area contributed by atoms with Crippen LogP contribution < -0.4 is 16.8 Å². The molecule has 4 fully saturated rings.